The fourth-order valence-electron chi connectivity index (χ4n) is 2.18. The summed E-state index contributed by atoms with van der Waals surface area (Å²) >= 11 is 0. The van der Waals surface area contributed by atoms with Gasteiger partial charge in [0, 0.05) is 6.42 Å². The molecule has 2 aromatic rings. The van der Waals surface area contributed by atoms with Crippen LogP contribution in [0.1, 0.15) is 29.0 Å². The van der Waals surface area contributed by atoms with Gasteiger partial charge in [-0.1, -0.05) is 24.3 Å². The molecule has 2 nitrogen and oxygen atoms in total. The summed E-state index contributed by atoms with van der Waals surface area (Å²) in [4.78, 5) is 0. The molecule has 0 N–H and O–H groups in total. The zero-order valence-corrected chi connectivity index (χ0v) is 12.3. The zero-order chi connectivity index (χ0) is 15.2. The predicted molar refractivity (Wildman–Crippen MR) is 80.8 cm³/mol. The highest BCUT2D eigenvalue weighted by atomic mass is 19.1. The molecule has 0 aliphatic heterocycles. The van der Waals surface area contributed by atoms with E-state index in [9.17, 15) is 9.65 Å². The maximum atomic E-state index is 13.2. The minimum atomic E-state index is -0.356. The van der Waals surface area contributed by atoms with Crippen LogP contribution in [0.25, 0.3) is 0 Å². The summed E-state index contributed by atoms with van der Waals surface area (Å²) in [6.07, 6.45) is 0.535. The number of rotatable bonds is 5. The van der Waals surface area contributed by atoms with Gasteiger partial charge in [-0.25, -0.2) is 4.39 Å². The first-order chi connectivity index (χ1) is 10.1. The van der Waals surface area contributed by atoms with Crippen molar-refractivity contribution in [2.75, 3.05) is 6.61 Å². The molecular formula is C18H18FNO. The van der Waals surface area contributed by atoms with Crippen LogP contribution < -0.4 is 4.74 Å². The Hall–Kier alpha value is -2.34. The fraction of sp³-hybridized carbons (Fsp3) is 0.278. The second-order valence-corrected chi connectivity index (χ2v) is 5.14. The second-order valence-electron chi connectivity index (χ2n) is 5.14. The molecule has 0 saturated heterocycles. The van der Waals surface area contributed by atoms with Crippen molar-refractivity contribution >= 4 is 0 Å². The lowest BCUT2D eigenvalue weighted by Gasteiger charge is -2.13. The lowest BCUT2D eigenvalue weighted by atomic mass is 9.97. The number of ether oxygens (including phenoxy) is 1. The molecule has 0 amide bonds. The molecule has 0 radical (unpaired) electrons. The number of nitrogens with zero attached hydrogens (tertiary/aromatic N) is 1. The van der Waals surface area contributed by atoms with Crippen molar-refractivity contribution in [3.8, 4) is 11.8 Å². The van der Waals surface area contributed by atoms with E-state index in [2.05, 4.69) is 6.07 Å². The number of benzene rings is 2. The molecule has 1 atom stereocenters. The van der Waals surface area contributed by atoms with Crippen LogP contribution in [-0.2, 0) is 0 Å². The molecule has 1 unspecified atom stereocenters. The van der Waals surface area contributed by atoms with Gasteiger partial charge in [-0.2, -0.15) is 5.26 Å². The molecule has 0 saturated carbocycles. The van der Waals surface area contributed by atoms with Crippen molar-refractivity contribution in [1.29, 1.82) is 5.26 Å². The van der Waals surface area contributed by atoms with E-state index < -0.39 is 0 Å². The summed E-state index contributed by atoms with van der Waals surface area (Å²) in [5, 5.41) is 9.24. The molecule has 0 fully saturated rings. The molecule has 0 heterocycles. The number of aryl methyl sites for hydroxylation is 2. The highest BCUT2D eigenvalue weighted by Gasteiger charge is 2.12. The number of hydrogen-bond acceptors (Lipinski definition) is 2. The van der Waals surface area contributed by atoms with Gasteiger partial charge in [0.15, 0.2) is 0 Å². The van der Waals surface area contributed by atoms with E-state index >= 15 is 0 Å². The minimum Gasteiger partial charge on any atom is -0.493 e. The summed E-state index contributed by atoms with van der Waals surface area (Å²) in [6.45, 7) is 4.43. The Kier molecular flexibility index (Phi) is 4.94. The Balaban J connectivity index is 1.98. The average molecular weight is 283 g/mol. The van der Waals surface area contributed by atoms with E-state index in [0.29, 0.717) is 18.6 Å². The molecule has 0 aromatic heterocycles. The minimum absolute atomic E-state index is 0.316. The number of hydrogen-bond donors (Lipinski definition) is 0. The van der Waals surface area contributed by atoms with E-state index in [4.69, 9.17) is 4.74 Å². The largest absolute Gasteiger partial charge is 0.493 e. The molecular weight excluding hydrogens is 265 g/mol. The van der Waals surface area contributed by atoms with Crippen molar-refractivity contribution in [1.82, 2.24) is 0 Å². The smallest absolute Gasteiger partial charge is 0.123 e. The normalized spacial score (nSPS) is 11.7. The molecule has 21 heavy (non-hydrogen) atoms. The van der Waals surface area contributed by atoms with Crippen LogP contribution in [0, 0.1) is 31.0 Å². The van der Waals surface area contributed by atoms with Gasteiger partial charge in [0.1, 0.15) is 11.6 Å². The van der Waals surface area contributed by atoms with Crippen LogP contribution in [0.5, 0.6) is 5.75 Å². The highest BCUT2D eigenvalue weighted by molar-refractivity contribution is 5.36. The fourth-order valence-corrected chi connectivity index (χ4v) is 2.18. The molecule has 0 bridgehead atoms. The monoisotopic (exact) mass is 283 g/mol. The van der Waals surface area contributed by atoms with Gasteiger partial charge in [-0.3, -0.25) is 0 Å². The van der Waals surface area contributed by atoms with Crippen LogP contribution in [0.2, 0.25) is 0 Å². The Morgan fingerprint density at radius 3 is 2.71 bits per heavy atom. The Morgan fingerprint density at radius 1 is 1.19 bits per heavy atom. The van der Waals surface area contributed by atoms with Gasteiger partial charge in [0.05, 0.1) is 18.6 Å². The van der Waals surface area contributed by atoms with Gasteiger partial charge >= 0.3 is 0 Å². The zero-order valence-electron chi connectivity index (χ0n) is 12.3. The summed E-state index contributed by atoms with van der Waals surface area (Å²) in [5.74, 6) is 0.167. The molecule has 108 valence electrons. The average Bonchev–Trinajstić information content (AvgIpc) is 2.47. The Morgan fingerprint density at radius 2 is 2.00 bits per heavy atom. The quantitative estimate of drug-likeness (QED) is 0.808. The van der Waals surface area contributed by atoms with Crippen molar-refractivity contribution in [2.45, 2.75) is 26.2 Å². The third kappa shape index (κ3) is 4.06. The molecule has 0 spiro atoms. The summed E-state index contributed by atoms with van der Waals surface area (Å²) in [7, 11) is 0. The van der Waals surface area contributed by atoms with E-state index in [1.807, 2.05) is 32.0 Å². The van der Waals surface area contributed by atoms with E-state index in [1.54, 1.807) is 12.1 Å². The Bertz CT molecular complexity index is 661. The van der Waals surface area contributed by atoms with Crippen molar-refractivity contribution in [3.05, 3.63) is 65.0 Å². The maximum Gasteiger partial charge on any atom is 0.123 e. The van der Waals surface area contributed by atoms with Crippen LogP contribution in [0.4, 0.5) is 4.39 Å². The topological polar surface area (TPSA) is 33.0 Å². The van der Waals surface area contributed by atoms with Gasteiger partial charge in [0.2, 0.25) is 0 Å². The summed E-state index contributed by atoms with van der Waals surface area (Å²) in [5.41, 5.74) is 2.90. The number of halogens is 1. The van der Waals surface area contributed by atoms with E-state index in [0.717, 1.165) is 16.9 Å². The lowest BCUT2D eigenvalue weighted by Crippen LogP contribution is -2.05. The predicted octanol–water partition coefficient (Wildman–Crippen LogP) is 4.52. The molecule has 0 aliphatic carbocycles. The first-order valence-electron chi connectivity index (χ1n) is 6.95. The van der Waals surface area contributed by atoms with Gasteiger partial charge < -0.3 is 4.74 Å². The summed E-state index contributed by atoms with van der Waals surface area (Å²) in [6, 6.07) is 14.4. The third-order valence-corrected chi connectivity index (χ3v) is 3.41. The van der Waals surface area contributed by atoms with Crippen molar-refractivity contribution in [3.63, 3.8) is 0 Å². The van der Waals surface area contributed by atoms with Gasteiger partial charge in [-0.15, -0.1) is 0 Å². The third-order valence-electron chi connectivity index (χ3n) is 3.41. The lowest BCUT2D eigenvalue weighted by molar-refractivity contribution is 0.303. The molecule has 2 rings (SSSR count). The van der Waals surface area contributed by atoms with Crippen LogP contribution in [0.15, 0.2) is 42.5 Å². The maximum absolute atomic E-state index is 13.2. The van der Waals surface area contributed by atoms with Gasteiger partial charge in [0.25, 0.3) is 0 Å². The van der Waals surface area contributed by atoms with Crippen molar-refractivity contribution in [2.24, 2.45) is 0 Å². The Labute approximate surface area is 124 Å². The number of nitriles is 1. The van der Waals surface area contributed by atoms with Crippen LogP contribution in [0.3, 0.4) is 0 Å². The second kappa shape index (κ2) is 6.90. The SMILES string of the molecule is Cc1ccc(C)c(OCCC(C#N)c2cccc(F)c2)c1. The van der Waals surface area contributed by atoms with Crippen LogP contribution >= 0.6 is 0 Å². The van der Waals surface area contributed by atoms with Crippen LogP contribution in [-0.4, -0.2) is 6.61 Å². The van der Waals surface area contributed by atoms with Gasteiger partial charge in [-0.05, 0) is 48.7 Å². The molecule has 0 aliphatic rings. The van der Waals surface area contributed by atoms with E-state index in [1.165, 1.54) is 12.1 Å². The first-order valence-corrected chi connectivity index (χ1v) is 6.95. The van der Waals surface area contributed by atoms with Crippen molar-refractivity contribution < 1.29 is 9.13 Å². The molecule has 2 aromatic carbocycles. The molecule has 3 heteroatoms. The first kappa shape index (κ1) is 15.1. The standard InChI is InChI=1S/C18H18FNO/c1-13-6-7-14(2)18(10-13)21-9-8-16(12-20)15-4-3-5-17(19)11-15/h3-7,10-11,16H,8-9H2,1-2H3. The van der Waals surface area contributed by atoms with E-state index in [-0.39, 0.29) is 11.7 Å². The highest BCUT2D eigenvalue weighted by Crippen LogP contribution is 2.23. The summed E-state index contributed by atoms with van der Waals surface area (Å²) < 4.78 is 19.0.